The van der Waals surface area contributed by atoms with Gasteiger partial charge in [-0.05, 0) is 30.5 Å². The third-order valence-corrected chi connectivity index (χ3v) is 3.04. The Bertz CT molecular complexity index is 281. The zero-order valence-corrected chi connectivity index (χ0v) is 9.76. The fraction of sp³-hybridized carbons (Fsp3) is 0.538. The Morgan fingerprint density at radius 2 is 1.80 bits per heavy atom. The molecule has 0 aliphatic carbocycles. The molecule has 15 heavy (non-hydrogen) atoms. The minimum Gasteiger partial charge on any atom is -0.310 e. The highest BCUT2D eigenvalue weighted by Crippen LogP contribution is 2.08. The van der Waals surface area contributed by atoms with E-state index in [0.717, 1.165) is 12.1 Å². The SMILES string of the molecule is CC[C@@H](C)[C@H](C)NCc1ccc(F)cc1. The van der Waals surface area contributed by atoms with E-state index in [2.05, 4.69) is 26.1 Å². The van der Waals surface area contributed by atoms with Crippen LogP contribution >= 0.6 is 0 Å². The van der Waals surface area contributed by atoms with Gasteiger partial charge in [0.25, 0.3) is 0 Å². The Morgan fingerprint density at radius 3 is 2.33 bits per heavy atom. The standard InChI is InChI=1S/C13H20FN/c1-4-10(2)11(3)15-9-12-5-7-13(14)8-6-12/h5-8,10-11,15H,4,9H2,1-3H3/t10-,11+/m1/s1. The lowest BCUT2D eigenvalue weighted by Gasteiger charge is -2.19. The molecule has 0 spiro atoms. The Kier molecular flexibility index (Phi) is 4.76. The molecule has 2 heteroatoms. The van der Waals surface area contributed by atoms with Crippen LogP contribution in [0.5, 0.6) is 0 Å². The van der Waals surface area contributed by atoms with Gasteiger partial charge in [0, 0.05) is 12.6 Å². The third-order valence-electron chi connectivity index (χ3n) is 3.04. The van der Waals surface area contributed by atoms with Crippen molar-refractivity contribution in [1.29, 1.82) is 0 Å². The summed E-state index contributed by atoms with van der Waals surface area (Å²) in [7, 11) is 0. The summed E-state index contributed by atoms with van der Waals surface area (Å²) >= 11 is 0. The molecule has 0 heterocycles. The minimum atomic E-state index is -0.172. The molecule has 0 saturated heterocycles. The molecule has 1 aromatic carbocycles. The zero-order valence-electron chi connectivity index (χ0n) is 9.76. The van der Waals surface area contributed by atoms with Crippen LogP contribution in [0, 0.1) is 11.7 Å². The molecule has 0 fully saturated rings. The zero-order chi connectivity index (χ0) is 11.3. The lowest BCUT2D eigenvalue weighted by atomic mass is 10.0. The summed E-state index contributed by atoms with van der Waals surface area (Å²) in [5.41, 5.74) is 1.13. The topological polar surface area (TPSA) is 12.0 Å². The van der Waals surface area contributed by atoms with Crippen molar-refractivity contribution < 1.29 is 4.39 Å². The van der Waals surface area contributed by atoms with Crippen molar-refractivity contribution in [3.8, 4) is 0 Å². The van der Waals surface area contributed by atoms with Crippen LogP contribution in [-0.2, 0) is 6.54 Å². The Hall–Kier alpha value is -0.890. The number of nitrogens with one attached hydrogen (secondary N) is 1. The van der Waals surface area contributed by atoms with Crippen LogP contribution < -0.4 is 5.32 Å². The quantitative estimate of drug-likeness (QED) is 0.784. The predicted octanol–water partition coefficient (Wildman–Crippen LogP) is 3.35. The van der Waals surface area contributed by atoms with E-state index in [4.69, 9.17) is 0 Å². The summed E-state index contributed by atoms with van der Waals surface area (Å²) in [5, 5.41) is 3.45. The van der Waals surface area contributed by atoms with E-state index < -0.39 is 0 Å². The third kappa shape index (κ3) is 4.00. The number of halogens is 1. The van der Waals surface area contributed by atoms with Crippen LogP contribution in [0.4, 0.5) is 4.39 Å². The van der Waals surface area contributed by atoms with E-state index in [1.165, 1.54) is 18.6 Å². The first-order chi connectivity index (χ1) is 7.13. The molecule has 0 aromatic heterocycles. The molecule has 0 radical (unpaired) electrons. The smallest absolute Gasteiger partial charge is 0.123 e. The van der Waals surface area contributed by atoms with E-state index in [-0.39, 0.29) is 5.82 Å². The van der Waals surface area contributed by atoms with Gasteiger partial charge in [-0.3, -0.25) is 0 Å². The van der Waals surface area contributed by atoms with Crippen molar-refractivity contribution in [1.82, 2.24) is 5.32 Å². The van der Waals surface area contributed by atoms with Gasteiger partial charge in [-0.25, -0.2) is 4.39 Å². The second-order valence-electron chi connectivity index (χ2n) is 4.18. The van der Waals surface area contributed by atoms with Crippen LogP contribution in [0.1, 0.15) is 32.8 Å². The van der Waals surface area contributed by atoms with E-state index in [0.29, 0.717) is 12.0 Å². The minimum absolute atomic E-state index is 0.172. The van der Waals surface area contributed by atoms with Crippen molar-refractivity contribution in [2.45, 2.75) is 39.8 Å². The van der Waals surface area contributed by atoms with Crippen LogP contribution in [0.25, 0.3) is 0 Å². The average molecular weight is 209 g/mol. The highest BCUT2D eigenvalue weighted by Gasteiger charge is 2.08. The molecule has 84 valence electrons. The van der Waals surface area contributed by atoms with Crippen LogP contribution in [-0.4, -0.2) is 6.04 Å². The fourth-order valence-electron chi connectivity index (χ4n) is 1.44. The van der Waals surface area contributed by atoms with Gasteiger partial charge in [-0.2, -0.15) is 0 Å². The average Bonchev–Trinajstić information content (AvgIpc) is 2.26. The maximum Gasteiger partial charge on any atom is 0.123 e. The largest absolute Gasteiger partial charge is 0.310 e. The van der Waals surface area contributed by atoms with Crippen molar-refractivity contribution in [2.24, 2.45) is 5.92 Å². The van der Waals surface area contributed by atoms with Gasteiger partial charge < -0.3 is 5.32 Å². The monoisotopic (exact) mass is 209 g/mol. The Labute approximate surface area is 91.7 Å². The molecule has 1 N–H and O–H groups in total. The molecule has 1 nitrogen and oxygen atoms in total. The first-order valence-corrected chi connectivity index (χ1v) is 5.61. The predicted molar refractivity (Wildman–Crippen MR) is 62.2 cm³/mol. The maximum atomic E-state index is 12.6. The van der Waals surface area contributed by atoms with Crippen molar-refractivity contribution in [3.05, 3.63) is 35.6 Å². The van der Waals surface area contributed by atoms with Crippen molar-refractivity contribution in [3.63, 3.8) is 0 Å². The number of benzene rings is 1. The summed E-state index contributed by atoms with van der Waals surface area (Å²) in [4.78, 5) is 0. The molecule has 2 atom stereocenters. The lowest BCUT2D eigenvalue weighted by Crippen LogP contribution is -2.31. The molecule has 1 aromatic rings. The molecule has 0 saturated carbocycles. The summed E-state index contributed by atoms with van der Waals surface area (Å²) in [6, 6.07) is 7.16. The number of hydrogen-bond donors (Lipinski definition) is 1. The van der Waals surface area contributed by atoms with Gasteiger partial charge in [0.05, 0.1) is 0 Å². The van der Waals surface area contributed by atoms with E-state index in [1.807, 2.05) is 12.1 Å². The van der Waals surface area contributed by atoms with Crippen molar-refractivity contribution >= 4 is 0 Å². The summed E-state index contributed by atoms with van der Waals surface area (Å²) in [6.45, 7) is 7.44. The lowest BCUT2D eigenvalue weighted by molar-refractivity contribution is 0.389. The molecule has 0 bridgehead atoms. The van der Waals surface area contributed by atoms with Crippen LogP contribution in [0.2, 0.25) is 0 Å². The van der Waals surface area contributed by atoms with Gasteiger partial charge in [0.15, 0.2) is 0 Å². The summed E-state index contributed by atoms with van der Waals surface area (Å²) in [5.74, 6) is 0.499. The molecular weight excluding hydrogens is 189 g/mol. The van der Waals surface area contributed by atoms with Crippen LogP contribution in [0.15, 0.2) is 24.3 Å². The van der Waals surface area contributed by atoms with E-state index >= 15 is 0 Å². The second kappa shape index (κ2) is 5.86. The maximum absolute atomic E-state index is 12.6. The molecule has 0 amide bonds. The van der Waals surface area contributed by atoms with Gasteiger partial charge in [0.2, 0.25) is 0 Å². The fourth-order valence-corrected chi connectivity index (χ4v) is 1.44. The molecule has 0 unspecified atom stereocenters. The normalized spacial score (nSPS) is 14.9. The van der Waals surface area contributed by atoms with Gasteiger partial charge in [-0.15, -0.1) is 0 Å². The Balaban J connectivity index is 2.40. The van der Waals surface area contributed by atoms with Crippen LogP contribution in [0.3, 0.4) is 0 Å². The van der Waals surface area contributed by atoms with E-state index in [1.54, 1.807) is 0 Å². The number of hydrogen-bond acceptors (Lipinski definition) is 1. The van der Waals surface area contributed by atoms with Crippen molar-refractivity contribution in [2.75, 3.05) is 0 Å². The molecule has 1 rings (SSSR count). The van der Waals surface area contributed by atoms with Gasteiger partial charge in [0.1, 0.15) is 5.82 Å². The molecular formula is C13H20FN. The first-order valence-electron chi connectivity index (χ1n) is 5.61. The van der Waals surface area contributed by atoms with Gasteiger partial charge in [-0.1, -0.05) is 32.4 Å². The summed E-state index contributed by atoms with van der Waals surface area (Å²) < 4.78 is 12.6. The Morgan fingerprint density at radius 1 is 1.20 bits per heavy atom. The van der Waals surface area contributed by atoms with Gasteiger partial charge >= 0.3 is 0 Å². The highest BCUT2D eigenvalue weighted by molar-refractivity contribution is 5.15. The molecule has 0 aliphatic heterocycles. The first kappa shape index (κ1) is 12.2. The second-order valence-corrected chi connectivity index (χ2v) is 4.18. The highest BCUT2D eigenvalue weighted by atomic mass is 19.1. The van der Waals surface area contributed by atoms with E-state index in [9.17, 15) is 4.39 Å². The summed E-state index contributed by atoms with van der Waals surface area (Å²) in [6.07, 6.45) is 1.18. The number of rotatable bonds is 5. The molecule has 0 aliphatic rings.